The molecule has 0 aliphatic carbocycles. The quantitative estimate of drug-likeness (QED) is 0.187. The molecule has 0 aliphatic rings. The Morgan fingerprint density at radius 1 is 0.392 bits per heavy atom. The Hall–Kier alpha value is -6.63. The van der Waals surface area contributed by atoms with E-state index >= 15 is 0 Å². The highest BCUT2D eigenvalue weighted by Gasteiger charge is 2.17. The second-order valence-corrected chi connectivity index (χ2v) is 13.9. The van der Waals surface area contributed by atoms with Crippen LogP contribution in [0.2, 0.25) is 0 Å². The van der Waals surface area contributed by atoms with Crippen molar-refractivity contribution >= 4 is 75.3 Å². The number of aromatic nitrogens is 4. The van der Waals surface area contributed by atoms with Crippen molar-refractivity contribution in [3.63, 3.8) is 0 Å². The third kappa shape index (κ3) is 4.43. The van der Waals surface area contributed by atoms with Crippen LogP contribution >= 0.6 is 11.3 Å². The molecule has 0 unspecified atom stereocenters. The van der Waals surface area contributed by atoms with Gasteiger partial charge in [0.25, 0.3) is 0 Å². The molecule has 7 aromatic carbocycles. The van der Waals surface area contributed by atoms with Crippen molar-refractivity contribution in [1.82, 2.24) is 19.5 Å². The molecule has 0 fully saturated rings. The van der Waals surface area contributed by atoms with Gasteiger partial charge >= 0.3 is 0 Å². The van der Waals surface area contributed by atoms with E-state index < -0.39 is 0 Å². The highest BCUT2D eigenvalue weighted by atomic mass is 32.1. The predicted octanol–water partition coefficient (Wildman–Crippen LogP) is 12.2. The van der Waals surface area contributed by atoms with Gasteiger partial charge in [0.2, 0.25) is 0 Å². The number of rotatable bonds is 4. The minimum Gasteiger partial charge on any atom is -0.456 e. The highest BCUT2D eigenvalue weighted by Crippen LogP contribution is 2.42. The fraction of sp³-hybridized carbons (Fsp3) is 0. The average Bonchev–Trinajstić information content (AvgIpc) is 3.85. The molecule has 11 rings (SSSR count). The summed E-state index contributed by atoms with van der Waals surface area (Å²) in [7, 11) is 0. The van der Waals surface area contributed by atoms with Gasteiger partial charge in [-0.3, -0.25) is 0 Å². The van der Waals surface area contributed by atoms with Crippen molar-refractivity contribution in [3.05, 3.63) is 158 Å². The van der Waals surface area contributed by atoms with Gasteiger partial charge in [0, 0.05) is 70.2 Å². The van der Waals surface area contributed by atoms with Gasteiger partial charge in [0.05, 0.1) is 11.0 Å². The summed E-state index contributed by atoms with van der Waals surface area (Å²) in [5, 5.41) is 7.15. The Labute approximate surface area is 295 Å². The van der Waals surface area contributed by atoms with E-state index in [1.807, 2.05) is 60.7 Å². The fourth-order valence-electron chi connectivity index (χ4n) is 7.45. The van der Waals surface area contributed by atoms with Crippen LogP contribution in [-0.2, 0) is 0 Å². The largest absolute Gasteiger partial charge is 0.456 e. The summed E-state index contributed by atoms with van der Waals surface area (Å²) in [5.74, 6) is 1.97. The monoisotopic (exact) mass is 670 g/mol. The molecular weight excluding hydrogens is 645 g/mol. The molecule has 6 heteroatoms. The molecule has 0 spiro atoms. The Morgan fingerprint density at radius 3 is 1.61 bits per heavy atom. The standard InChI is InChI=1S/C45H26N4OS/c1-3-11-27(12-4-1)43-46-44(28-13-5-2-6-14-28)48-45(47-43)29-19-21-34-36-25-35-33-22-20-30(24-39(33)50-40(35)26-42(36)51-41(34)23-29)49-37-17-9-7-15-31(37)32-16-8-10-18-38(32)49/h1-26H. The summed E-state index contributed by atoms with van der Waals surface area (Å²) in [6.45, 7) is 0. The van der Waals surface area contributed by atoms with Crippen LogP contribution in [0.5, 0.6) is 0 Å². The lowest BCUT2D eigenvalue weighted by Gasteiger charge is -2.08. The zero-order chi connectivity index (χ0) is 33.5. The molecular formula is C45H26N4OS. The first-order valence-corrected chi connectivity index (χ1v) is 17.8. The summed E-state index contributed by atoms with van der Waals surface area (Å²) in [6, 6.07) is 55.0. The first-order valence-electron chi connectivity index (χ1n) is 16.9. The minimum atomic E-state index is 0.654. The molecule has 0 saturated carbocycles. The van der Waals surface area contributed by atoms with Crippen molar-refractivity contribution in [2.24, 2.45) is 0 Å². The van der Waals surface area contributed by atoms with Gasteiger partial charge in [-0.05, 0) is 42.5 Å². The van der Waals surface area contributed by atoms with E-state index in [4.69, 9.17) is 19.4 Å². The summed E-state index contributed by atoms with van der Waals surface area (Å²) in [4.78, 5) is 14.8. The van der Waals surface area contributed by atoms with Crippen molar-refractivity contribution in [1.29, 1.82) is 0 Å². The number of furan rings is 1. The molecule has 4 aromatic heterocycles. The van der Waals surface area contributed by atoms with Crippen LogP contribution in [0, 0.1) is 0 Å². The molecule has 4 heterocycles. The lowest BCUT2D eigenvalue weighted by atomic mass is 10.1. The van der Waals surface area contributed by atoms with Crippen molar-refractivity contribution in [2.45, 2.75) is 0 Å². The van der Waals surface area contributed by atoms with Crippen LogP contribution in [-0.4, -0.2) is 19.5 Å². The summed E-state index contributed by atoms with van der Waals surface area (Å²) < 4.78 is 11.3. The van der Waals surface area contributed by atoms with E-state index in [-0.39, 0.29) is 0 Å². The molecule has 238 valence electrons. The first kappa shape index (κ1) is 28.2. The van der Waals surface area contributed by atoms with E-state index in [0.717, 1.165) is 44.3 Å². The summed E-state index contributed by atoms with van der Waals surface area (Å²) >= 11 is 1.77. The normalized spacial score (nSPS) is 11.9. The number of benzene rings is 7. The minimum absolute atomic E-state index is 0.654. The van der Waals surface area contributed by atoms with Crippen LogP contribution < -0.4 is 0 Å². The van der Waals surface area contributed by atoms with Gasteiger partial charge in [-0.2, -0.15) is 0 Å². The molecule has 0 N–H and O–H groups in total. The van der Waals surface area contributed by atoms with Crippen LogP contribution in [0.15, 0.2) is 162 Å². The second-order valence-electron chi connectivity index (χ2n) is 12.8. The maximum absolute atomic E-state index is 6.59. The smallest absolute Gasteiger partial charge is 0.164 e. The van der Waals surface area contributed by atoms with E-state index in [9.17, 15) is 0 Å². The van der Waals surface area contributed by atoms with Gasteiger partial charge in [-0.15, -0.1) is 11.3 Å². The Balaban J connectivity index is 1.03. The molecule has 11 aromatic rings. The van der Waals surface area contributed by atoms with Crippen LogP contribution in [0.1, 0.15) is 0 Å². The first-order chi connectivity index (χ1) is 25.2. The van der Waals surface area contributed by atoms with Crippen molar-refractivity contribution in [3.8, 4) is 39.9 Å². The fourth-order valence-corrected chi connectivity index (χ4v) is 8.61. The van der Waals surface area contributed by atoms with E-state index in [0.29, 0.717) is 17.5 Å². The Kier molecular flexibility index (Phi) is 6.05. The van der Waals surface area contributed by atoms with E-state index in [1.165, 1.54) is 42.0 Å². The number of thiophene rings is 1. The second kappa shape index (κ2) is 10.9. The third-order valence-electron chi connectivity index (χ3n) is 9.84. The maximum Gasteiger partial charge on any atom is 0.164 e. The molecule has 5 nitrogen and oxygen atoms in total. The molecule has 0 atom stereocenters. The summed E-state index contributed by atoms with van der Waals surface area (Å²) in [6.07, 6.45) is 0. The van der Waals surface area contributed by atoms with Gasteiger partial charge < -0.3 is 8.98 Å². The number of para-hydroxylation sites is 2. The van der Waals surface area contributed by atoms with Gasteiger partial charge in [0.1, 0.15) is 11.2 Å². The van der Waals surface area contributed by atoms with Gasteiger partial charge in [0.15, 0.2) is 17.5 Å². The van der Waals surface area contributed by atoms with E-state index in [2.05, 4.69) is 102 Å². The summed E-state index contributed by atoms with van der Waals surface area (Å²) in [5.41, 5.74) is 8.10. The molecule has 51 heavy (non-hydrogen) atoms. The van der Waals surface area contributed by atoms with Crippen LogP contribution in [0.4, 0.5) is 0 Å². The molecule has 0 aliphatic heterocycles. The van der Waals surface area contributed by atoms with Crippen LogP contribution in [0.25, 0.3) is 104 Å². The van der Waals surface area contributed by atoms with Gasteiger partial charge in [-0.1, -0.05) is 109 Å². The zero-order valence-corrected chi connectivity index (χ0v) is 27.9. The lowest BCUT2D eigenvalue weighted by Crippen LogP contribution is -1.99. The van der Waals surface area contributed by atoms with Crippen molar-refractivity contribution < 1.29 is 4.42 Å². The zero-order valence-electron chi connectivity index (χ0n) is 27.1. The van der Waals surface area contributed by atoms with Crippen LogP contribution in [0.3, 0.4) is 0 Å². The number of hydrogen-bond acceptors (Lipinski definition) is 5. The maximum atomic E-state index is 6.59. The Bertz CT molecular complexity index is 3030. The molecule has 0 radical (unpaired) electrons. The average molecular weight is 671 g/mol. The molecule has 0 amide bonds. The van der Waals surface area contributed by atoms with Crippen molar-refractivity contribution in [2.75, 3.05) is 0 Å². The topological polar surface area (TPSA) is 56.7 Å². The SMILES string of the molecule is c1ccc(-c2nc(-c3ccccc3)nc(-c3ccc4c(c3)sc3cc5oc6cc(-n7c8ccccc8c8ccccc87)ccc6c5cc34)n2)cc1. The number of nitrogens with zero attached hydrogens (tertiary/aromatic N) is 4. The highest BCUT2D eigenvalue weighted by molar-refractivity contribution is 7.25. The number of fused-ring (bicyclic) bond motifs is 9. The lowest BCUT2D eigenvalue weighted by molar-refractivity contribution is 0.669. The molecule has 0 saturated heterocycles. The number of hydrogen-bond donors (Lipinski definition) is 0. The Morgan fingerprint density at radius 2 is 0.941 bits per heavy atom. The van der Waals surface area contributed by atoms with Gasteiger partial charge in [-0.25, -0.2) is 15.0 Å². The van der Waals surface area contributed by atoms with E-state index in [1.54, 1.807) is 11.3 Å². The third-order valence-corrected chi connectivity index (χ3v) is 11.0. The molecule has 0 bridgehead atoms. The predicted molar refractivity (Wildman–Crippen MR) is 211 cm³/mol.